The summed E-state index contributed by atoms with van der Waals surface area (Å²) < 4.78 is 7.34. The third kappa shape index (κ3) is 3.58. The normalized spacial score (nSPS) is 14.5. The zero-order chi connectivity index (χ0) is 24.3. The molecular formula is C25H25ClN8O. The van der Waals surface area contributed by atoms with Gasteiger partial charge in [-0.3, -0.25) is 23.8 Å². The first-order valence-electron chi connectivity index (χ1n) is 11.6. The van der Waals surface area contributed by atoms with E-state index in [-0.39, 0.29) is 5.69 Å². The molecule has 9 nitrogen and oxygen atoms in total. The highest BCUT2D eigenvalue weighted by atomic mass is 35.5. The molecule has 0 aliphatic heterocycles. The second kappa shape index (κ2) is 8.20. The summed E-state index contributed by atoms with van der Waals surface area (Å²) in [6, 6.07) is 7.68. The Bertz CT molecular complexity index is 1730. The Morgan fingerprint density at radius 3 is 2.74 bits per heavy atom. The monoisotopic (exact) mass is 488 g/mol. The summed E-state index contributed by atoms with van der Waals surface area (Å²) in [5.41, 5.74) is 4.80. The van der Waals surface area contributed by atoms with Crippen LogP contribution >= 0.6 is 11.6 Å². The fraction of sp³-hybridized carbons (Fsp3) is 0.320. The lowest BCUT2D eigenvalue weighted by atomic mass is 10.1. The molecule has 1 saturated carbocycles. The summed E-state index contributed by atoms with van der Waals surface area (Å²) in [6.07, 6.45) is 7.66. The van der Waals surface area contributed by atoms with Crippen LogP contribution < -0.4 is 11.2 Å². The van der Waals surface area contributed by atoms with Gasteiger partial charge < -0.3 is 4.57 Å². The average molecular weight is 489 g/mol. The van der Waals surface area contributed by atoms with Gasteiger partial charge >= 0.3 is 5.69 Å². The number of aromatic nitrogens is 7. The van der Waals surface area contributed by atoms with Crippen LogP contribution in [0.15, 0.2) is 52.8 Å². The fourth-order valence-corrected chi connectivity index (χ4v) is 4.97. The molecule has 178 valence electrons. The molecule has 1 aliphatic carbocycles. The van der Waals surface area contributed by atoms with Crippen LogP contribution in [-0.2, 0) is 27.2 Å². The number of fused-ring (bicyclic) bond motifs is 2. The third-order valence-corrected chi connectivity index (χ3v) is 7.01. The van der Waals surface area contributed by atoms with Crippen LogP contribution in [-0.4, -0.2) is 40.5 Å². The van der Waals surface area contributed by atoms with Crippen molar-refractivity contribution >= 4 is 33.5 Å². The molecule has 6 rings (SSSR count). The minimum absolute atomic E-state index is 0.104. The van der Waals surface area contributed by atoms with E-state index in [4.69, 9.17) is 16.7 Å². The Balaban J connectivity index is 1.68. The second-order valence-corrected chi connectivity index (χ2v) is 9.61. The highest BCUT2D eigenvalue weighted by molar-refractivity contribution is 6.31. The fourth-order valence-electron chi connectivity index (χ4n) is 4.79. The maximum absolute atomic E-state index is 13.3. The van der Waals surface area contributed by atoms with Crippen molar-refractivity contribution in [2.75, 3.05) is 7.05 Å². The SMILES string of the molecule is C/N=c1/c2c(-c3cncn3C)n(Cc3ccnc4ccc(Cl)cc34)nc2n(CC2CC2)c(=O)n1C. The van der Waals surface area contributed by atoms with Gasteiger partial charge in [0, 0.05) is 44.3 Å². The molecule has 0 amide bonds. The van der Waals surface area contributed by atoms with Crippen LogP contribution in [0.1, 0.15) is 18.4 Å². The lowest BCUT2D eigenvalue weighted by Crippen LogP contribution is -2.39. The molecule has 0 unspecified atom stereocenters. The van der Waals surface area contributed by atoms with Crippen molar-refractivity contribution in [2.45, 2.75) is 25.9 Å². The Morgan fingerprint density at radius 2 is 2.03 bits per heavy atom. The topological polar surface area (TPSA) is 87.8 Å². The van der Waals surface area contributed by atoms with Crippen LogP contribution in [0.4, 0.5) is 0 Å². The van der Waals surface area contributed by atoms with Gasteiger partial charge in [0.15, 0.2) is 5.65 Å². The highest BCUT2D eigenvalue weighted by Crippen LogP contribution is 2.32. The van der Waals surface area contributed by atoms with Crippen LogP contribution in [0, 0.1) is 5.92 Å². The van der Waals surface area contributed by atoms with Gasteiger partial charge in [0.25, 0.3) is 0 Å². The molecule has 0 spiro atoms. The van der Waals surface area contributed by atoms with Crippen molar-refractivity contribution in [2.24, 2.45) is 25.0 Å². The van der Waals surface area contributed by atoms with E-state index in [2.05, 4.69) is 15.0 Å². The number of hydrogen-bond acceptors (Lipinski definition) is 5. The Kier molecular flexibility index (Phi) is 5.10. The molecule has 5 aromatic rings. The van der Waals surface area contributed by atoms with Gasteiger partial charge in [-0.1, -0.05) is 11.6 Å². The van der Waals surface area contributed by atoms with E-state index in [1.54, 1.807) is 35.8 Å². The third-order valence-electron chi connectivity index (χ3n) is 6.77. The van der Waals surface area contributed by atoms with E-state index in [0.29, 0.717) is 35.2 Å². The van der Waals surface area contributed by atoms with Crippen molar-refractivity contribution < 1.29 is 0 Å². The molecule has 1 aromatic carbocycles. The van der Waals surface area contributed by atoms with Crippen molar-refractivity contribution in [3.05, 3.63) is 69.5 Å². The zero-order valence-corrected chi connectivity index (χ0v) is 20.6. The van der Waals surface area contributed by atoms with Crippen molar-refractivity contribution in [3.8, 4) is 11.4 Å². The number of aryl methyl sites for hydroxylation is 1. The molecule has 4 aromatic heterocycles. The molecule has 1 fully saturated rings. The predicted molar refractivity (Wildman–Crippen MR) is 135 cm³/mol. The van der Waals surface area contributed by atoms with Gasteiger partial charge in [0.1, 0.15) is 5.49 Å². The van der Waals surface area contributed by atoms with E-state index >= 15 is 0 Å². The second-order valence-electron chi connectivity index (χ2n) is 9.17. The van der Waals surface area contributed by atoms with Gasteiger partial charge in [-0.05, 0) is 48.6 Å². The number of pyridine rings is 1. The van der Waals surface area contributed by atoms with E-state index in [1.165, 1.54) is 0 Å². The minimum Gasteiger partial charge on any atom is -0.332 e. The molecule has 0 bridgehead atoms. The number of benzene rings is 1. The summed E-state index contributed by atoms with van der Waals surface area (Å²) in [6.45, 7) is 1.13. The molecule has 1 aliphatic rings. The summed E-state index contributed by atoms with van der Waals surface area (Å²) in [5, 5.41) is 7.50. The van der Waals surface area contributed by atoms with Crippen LogP contribution in [0.25, 0.3) is 33.3 Å². The Hall–Kier alpha value is -3.72. The quantitative estimate of drug-likeness (QED) is 0.380. The van der Waals surface area contributed by atoms with Gasteiger partial charge in [-0.25, -0.2) is 9.78 Å². The van der Waals surface area contributed by atoms with E-state index in [1.807, 2.05) is 46.8 Å². The average Bonchev–Trinajstić information content (AvgIpc) is 3.47. The number of halogens is 1. The smallest absolute Gasteiger partial charge is 0.331 e. The van der Waals surface area contributed by atoms with Gasteiger partial charge in [0.05, 0.1) is 41.4 Å². The number of rotatable bonds is 5. The lowest BCUT2D eigenvalue weighted by Gasteiger charge is -2.11. The molecule has 0 N–H and O–H groups in total. The van der Waals surface area contributed by atoms with Crippen LogP contribution in [0.3, 0.4) is 0 Å². The van der Waals surface area contributed by atoms with Crippen LogP contribution in [0.5, 0.6) is 0 Å². The van der Waals surface area contributed by atoms with E-state index < -0.39 is 0 Å². The largest absolute Gasteiger partial charge is 0.332 e. The highest BCUT2D eigenvalue weighted by Gasteiger charge is 2.27. The van der Waals surface area contributed by atoms with Crippen molar-refractivity contribution in [1.29, 1.82) is 0 Å². The van der Waals surface area contributed by atoms with E-state index in [9.17, 15) is 4.79 Å². The van der Waals surface area contributed by atoms with Gasteiger partial charge in [-0.2, -0.15) is 5.10 Å². The van der Waals surface area contributed by atoms with Crippen molar-refractivity contribution in [1.82, 2.24) is 33.4 Å². The van der Waals surface area contributed by atoms with E-state index in [0.717, 1.165) is 46.1 Å². The molecule has 0 atom stereocenters. The van der Waals surface area contributed by atoms with Crippen LogP contribution in [0.2, 0.25) is 5.02 Å². The Morgan fingerprint density at radius 1 is 1.20 bits per heavy atom. The molecule has 10 heteroatoms. The van der Waals surface area contributed by atoms with Crippen molar-refractivity contribution in [3.63, 3.8) is 0 Å². The molecule has 0 saturated heterocycles. The predicted octanol–water partition coefficient (Wildman–Crippen LogP) is 3.13. The number of imidazole rings is 1. The number of nitrogens with zero attached hydrogens (tertiary/aromatic N) is 8. The lowest BCUT2D eigenvalue weighted by molar-refractivity contribution is 0.569. The number of hydrogen-bond donors (Lipinski definition) is 0. The van der Waals surface area contributed by atoms with Gasteiger partial charge in [0.2, 0.25) is 0 Å². The first kappa shape index (κ1) is 21.8. The standard InChI is InChI=1S/C25H25ClN8O/c1-27-23-21-22(20-11-28-14-31(20)2)34(13-16-8-9-29-19-7-6-17(26)10-18(16)19)30-24(21)33(12-15-4-5-15)25(35)32(23)3/h6-11,14-15H,4-5,12-13H2,1-3H3/b27-23-. The summed E-state index contributed by atoms with van der Waals surface area (Å²) in [5.74, 6) is 0.511. The summed E-state index contributed by atoms with van der Waals surface area (Å²) >= 11 is 6.33. The van der Waals surface area contributed by atoms with Gasteiger partial charge in [-0.15, -0.1) is 0 Å². The molecular weight excluding hydrogens is 464 g/mol. The molecule has 0 radical (unpaired) electrons. The first-order chi connectivity index (χ1) is 17.0. The maximum Gasteiger partial charge on any atom is 0.331 e. The summed E-state index contributed by atoms with van der Waals surface area (Å²) in [4.78, 5) is 26.7. The minimum atomic E-state index is -0.104. The maximum atomic E-state index is 13.3. The molecule has 35 heavy (non-hydrogen) atoms. The summed E-state index contributed by atoms with van der Waals surface area (Å²) in [7, 11) is 5.44. The zero-order valence-electron chi connectivity index (χ0n) is 19.8. The molecule has 4 heterocycles. The Labute approximate surface area is 206 Å². The first-order valence-corrected chi connectivity index (χ1v) is 12.0.